The van der Waals surface area contributed by atoms with Crippen LogP contribution in [0.25, 0.3) is 11.0 Å². The van der Waals surface area contributed by atoms with Crippen molar-refractivity contribution in [1.82, 2.24) is 0 Å². The van der Waals surface area contributed by atoms with E-state index in [1.54, 1.807) is 25.1 Å². The topological polar surface area (TPSA) is 72.0 Å². The summed E-state index contributed by atoms with van der Waals surface area (Å²) < 4.78 is 10.3. The van der Waals surface area contributed by atoms with Gasteiger partial charge in [0, 0.05) is 5.39 Å². The molecule has 0 unspecified atom stereocenters. The average Bonchev–Trinajstić information content (AvgIpc) is 2.35. The van der Waals surface area contributed by atoms with Gasteiger partial charge < -0.3 is 14.4 Å². The van der Waals surface area contributed by atoms with Crippen molar-refractivity contribution in [3.63, 3.8) is 0 Å². The van der Waals surface area contributed by atoms with Crippen molar-refractivity contribution in [1.29, 1.82) is 0 Å². The molecule has 1 heterocycles. The second-order valence-electron chi connectivity index (χ2n) is 3.56. The summed E-state index contributed by atoms with van der Waals surface area (Å²) in [5, 5.41) is 12.2. The van der Waals surface area contributed by atoms with E-state index in [9.17, 15) is 4.79 Å². The molecule has 0 saturated carbocycles. The zero-order chi connectivity index (χ0) is 12.3. The van der Waals surface area contributed by atoms with E-state index in [4.69, 9.17) is 14.4 Å². The highest BCUT2D eigenvalue weighted by Gasteiger charge is 2.06. The van der Waals surface area contributed by atoms with E-state index in [0.29, 0.717) is 11.3 Å². The normalized spacial score (nSPS) is 11.7. The minimum atomic E-state index is -0.547. The molecule has 1 aromatic heterocycles. The molecule has 17 heavy (non-hydrogen) atoms. The third-order valence-electron chi connectivity index (χ3n) is 2.22. The van der Waals surface area contributed by atoms with Crippen molar-refractivity contribution < 1.29 is 14.4 Å². The van der Waals surface area contributed by atoms with Crippen molar-refractivity contribution in [2.45, 2.75) is 6.92 Å². The van der Waals surface area contributed by atoms with Crippen molar-refractivity contribution in [3.8, 4) is 5.75 Å². The Bertz CT molecular complexity index is 615. The first kappa shape index (κ1) is 11.2. The standard InChI is InChI=1S/C12H11NO4/c1-8(13-15)7-16-11-6-9-4-2-3-5-10(9)17-12(11)14/h2-6,15H,7H2,1H3/b13-8+. The van der Waals surface area contributed by atoms with Gasteiger partial charge in [-0.3, -0.25) is 0 Å². The summed E-state index contributed by atoms with van der Waals surface area (Å²) in [4.78, 5) is 11.5. The Labute approximate surface area is 96.9 Å². The number of nitrogens with zero attached hydrogens (tertiary/aromatic N) is 1. The summed E-state index contributed by atoms with van der Waals surface area (Å²) in [6.45, 7) is 1.63. The van der Waals surface area contributed by atoms with Crippen LogP contribution in [0.4, 0.5) is 0 Å². The van der Waals surface area contributed by atoms with Gasteiger partial charge in [-0.05, 0) is 19.1 Å². The Morgan fingerprint density at radius 3 is 3.00 bits per heavy atom. The summed E-state index contributed by atoms with van der Waals surface area (Å²) in [6.07, 6.45) is 0. The molecule has 5 nitrogen and oxygen atoms in total. The quantitative estimate of drug-likeness (QED) is 0.381. The fraction of sp³-hybridized carbons (Fsp3) is 0.167. The summed E-state index contributed by atoms with van der Waals surface area (Å²) in [7, 11) is 0. The molecule has 1 aromatic carbocycles. The minimum absolute atomic E-state index is 0.0413. The van der Waals surface area contributed by atoms with Gasteiger partial charge >= 0.3 is 5.63 Å². The van der Waals surface area contributed by atoms with E-state index in [0.717, 1.165) is 5.39 Å². The molecule has 2 aromatic rings. The largest absolute Gasteiger partial charge is 0.480 e. The predicted molar refractivity (Wildman–Crippen MR) is 62.9 cm³/mol. The number of fused-ring (bicyclic) bond motifs is 1. The van der Waals surface area contributed by atoms with Crippen LogP contribution in [0.1, 0.15) is 6.92 Å². The monoisotopic (exact) mass is 233 g/mol. The van der Waals surface area contributed by atoms with E-state index in [1.807, 2.05) is 12.1 Å². The Morgan fingerprint density at radius 2 is 2.24 bits per heavy atom. The fourth-order valence-corrected chi connectivity index (χ4v) is 1.35. The van der Waals surface area contributed by atoms with Crippen LogP contribution in [0.2, 0.25) is 0 Å². The van der Waals surface area contributed by atoms with E-state index in [2.05, 4.69) is 5.16 Å². The third kappa shape index (κ3) is 2.44. The second-order valence-corrected chi connectivity index (χ2v) is 3.56. The molecular weight excluding hydrogens is 222 g/mol. The van der Waals surface area contributed by atoms with Crippen LogP contribution in [-0.4, -0.2) is 17.5 Å². The highest BCUT2D eigenvalue weighted by atomic mass is 16.5. The van der Waals surface area contributed by atoms with Gasteiger partial charge in [-0.15, -0.1) is 0 Å². The van der Waals surface area contributed by atoms with Crippen LogP contribution >= 0.6 is 0 Å². The SMILES string of the molecule is C/C(COc1cc2ccccc2oc1=O)=N\O. The van der Waals surface area contributed by atoms with Crippen LogP contribution in [0.3, 0.4) is 0 Å². The minimum Gasteiger partial charge on any atom is -0.480 e. The van der Waals surface area contributed by atoms with Crippen molar-refractivity contribution >= 4 is 16.7 Å². The molecule has 0 atom stereocenters. The number of rotatable bonds is 3. The average molecular weight is 233 g/mol. The maximum absolute atomic E-state index is 11.5. The van der Waals surface area contributed by atoms with Crippen LogP contribution in [0, 0.1) is 0 Å². The van der Waals surface area contributed by atoms with Gasteiger partial charge in [0.1, 0.15) is 12.2 Å². The van der Waals surface area contributed by atoms with Gasteiger partial charge in [0.15, 0.2) is 0 Å². The molecule has 0 fully saturated rings. The molecule has 0 aliphatic rings. The molecule has 0 radical (unpaired) electrons. The number of ether oxygens (including phenoxy) is 1. The van der Waals surface area contributed by atoms with Crippen molar-refractivity contribution in [2.75, 3.05) is 6.61 Å². The highest BCUT2D eigenvalue weighted by Crippen LogP contribution is 2.16. The molecule has 0 bridgehead atoms. The molecule has 88 valence electrons. The molecule has 1 N–H and O–H groups in total. The van der Waals surface area contributed by atoms with E-state index in [-0.39, 0.29) is 12.4 Å². The lowest BCUT2D eigenvalue weighted by Crippen LogP contribution is -2.13. The third-order valence-corrected chi connectivity index (χ3v) is 2.22. The van der Waals surface area contributed by atoms with E-state index < -0.39 is 5.63 Å². The molecule has 2 rings (SSSR count). The van der Waals surface area contributed by atoms with Crippen LogP contribution in [-0.2, 0) is 0 Å². The number of oxime groups is 1. The molecular formula is C12H11NO4. The second kappa shape index (κ2) is 4.69. The van der Waals surface area contributed by atoms with E-state index >= 15 is 0 Å². The fourth-order valence-electron chi connectivity index (χ4n) is 1.35. The molecule has 0 spiro atoms. The lowest BCUT2D eigenvalue weighted by Gasteiger charge is -2.04. The van der Waals surface area contributed by atoms with E-state index in [1.165, 1.54) is 0 Å². The summed E-state index contributed by atoms with van der Waals surface area (Å²) in [5.74, 6) is 0.103. The maximum atomic E-state index is 11.5. The van der Waals surface area contributed by atoms with Gasteiger partial charge in [-0.2, -0.15) is 0 Å². The first-order valence-electron chi connectivity index (χ1n) is 5.04. The molecule has 0 aliphatic carbocycles. The van der Waals surface area contributed by atoms with Gasteiger partial charge in [-0.1, -0.05) is 23.4 Å². The van der Waals surface area contributed by atoms with Crippen molar-refractivity contribution in [3.05, 3.63) is 40.8 Å². The first-order chi connectivity index (χ1) is 8.20. The van der Waals surface area contributed by atoms with Gasteiger partial charge in [-0.25, -0.2) is 4.79 Å². The Kier molecular flexibility index (Phi) is 3.09. The maximum Gasteiger partial charge on any atom is 0.379 e. The van der Waals surface area contributed by atoms with Gasteiger partial charge in [0.25, 0.3) is 0 Å². The van der Waals surface area contributed by atoms with Crippen LogP contribution in [0.15, 0.2) is 44.7 Å². The Balaban J connectivity index is 2.34. The predicted octanol–water partition coefficient (Wildman–Crippen LogP) is 2.02. The summed E-state index contributed by atoms with van der Waals surface area (Å²) >= 11 is 0. The molecule has 0 saturated heterocycles. The number of hydrogen-bond acceptors (Lipinski definition) is 5. The summed E-state index contributed by atoms with van der Waals surface area (Å²) in [6, 6.07) is 8.76. The zero-order valence-corrected chi connectivity index (χ0v) is 9.21. The number of hydrogen-bond donors (Lipinski definition) is 1. The van der Waals surface area contributed by atoms with Crippen LogP contribution in [0.5, 0.6) is 5.75 Å². The first-order valence-corrected chi connectivity index (χ1v) is 5.04. The number of benzene rings is 1. The molecule has 5 heteroatoms. The Hall–Kier alpha value is -2.30. The lowest BCUT2D eigenvalue weighted by molar-refractivity contribution is 0.304. The highest BCUT2D eigenvalue weighted by molar-refractivity contribution is 5.83. The lowest BCUT2D eigenvalue weighted by atomic mass is 10.2. The van der Waals surface area contributed by atoms with Crippen LogP contribution < -0.4 is 10.4 Å². The smallest absolute Gasteiger partial charge is 0.379 e. The Morgan fingerprint density at radius 1 is 1.47 bits per heavy atom. The molecule has 0 aliphatic heterocycles. The van der Waals surface area contributed by atoms with Gasteiger partial charge in [0.05, 0.1) is 5.71 Å². The number of para-hydroxylation sites is 1. The van der Waals surface area contributed by atoms with Crippen molar-refractivity contribution in [2.24, 2.45) is 5.16 Å². The summed E-state index contributed by atoms with van der Waals surface area (Å²) in [5.41, 5.74) is 0.337. The molecule has 0 amide bonds. The van der Waals surface area contributed by atoms with Gasteiger partial charge in [0.2, 0.25) is 5.75 Å². The zero-order valence-electron chi connectivity index (χ0n) is 9.21.